The van der Waals surface area contributed by atoms with Crippen molar-refractivity contribution in [3.63, 3.8) is 0 Å². The zero-order valence-corrected chi connectivity index (χ0v) is 10.1. The number of aryl methyl sites for hydroxylation is 1. The lowest BCUT2D eigenvalue weighted by atomic mass is 10.2. The molecule has 1 rings (SSSR count). The first-order chi connectivity index (χ1) is 8.17. The quantitative estimate of drug-likeness (QED) is 0.471. The summed E-state index contributed by atoms with van der Waals surface area (Å²) in [4.78, 5) is 11.6. The summed E-state index contributed by atoms with van der Waals surface area (Å²) < 4.78 is 1.62. The molecule has 5 heteroatoms. The molecule has 0 aliphatic rings. The summed E-state index contributed by atoms with van der Waals surface area (Å²) in [6.07, 6.45) is 6.81. The van der Waals surface area contributed by atoms with Crippen LogP contribution in [0.2, 0.25) is 0 Å². The number of hydrogen-bond acceptors (Lipinski definition) is 3. The average Bonchev–Trinajstić information content (AvgIpc) is 2.72. The smallest absolute Gasteiger partial charge is 0.261 e. The molecule has 0 aliphatic heterocycles. The molecule has 0 radical (unpaired) electrons. The van der Waals surface area contributed by atoms with Gasteiger partial charge in [-0.25, -0.2) is 0 Å². The van der Waals surface area contributed by atoms with Crippen LogP contribution in [0.5, 0.6) is 0 Å². The van der Waals surface area contributed by atoms with Gasteiger partial charge in [0.15, 0.2) is 0 Å². The highest BCUT2D eigenvalue weighted by Gasteiger charge is 2.08. The average molecular weight is 232 g/mol. The van der Waals surface area contributed by atoms with Crippen molar-refractivity contribution < 1.29 is 4.79 Å². The molecule has 1 amide bonds. The van der Waals surface area contributed by atoms with Crippen molar-refractivity contribution in [2.24, 2.45) is 7.05 Å². The zero-order valence-electron chi connectivity index (χ0n) is 10.1. The highest BCUT2D eigenvalue weighted by molar-refractivity contribution is 6.01. The fourth-order valence-corrected chi connectivity index (χ4v) is 1.30. The molecule has 90 valence electrons. The minimum atomic E-state index is -0.329. The maximum absolute atomic E-state index is 11.6. The van der Waals surface area contributed by atoms with Crippen LogP contribution in [0.25, 0.3) is 6.08 Å². The van der Waals surface area contributed by atoms with Crippen molar-refractivity contribution >= 4 is 12.0 Å². The predicted molar refractivity (Wildman–Crippen MR) is 64.7 cm³/mol. The maximum atomic E-state index is 11.6. The highest BCUT2D eigenvalue weighted by Crippen LogP contribution is 2.05. The summed E-state index contributed by atoms with van der Waals surface area (Å²) in [5, 5.41) is 15.6. The van der Waals surface area contributed by atoms with Crippen molar-refractivity contribution in [1.82, 2.24) is 15.1 Å². The fourth-order valence-electron chi connectivity index (χ4n) is 1.30. The molecule has 0 bridgehead atoms. The van der Waals surface area contributed by atoms with E-state index in [0.717, 1.165) is 18.4 Å². The molecule has 1 aromatic rings. The van der Waals surface area contributed by atoms with Crippen molar-refractivity contribution in [3.05, 3.63) is 23.5 Å². The van der Waals surface area contributed by atoms with E-state index in [-0.39, 0.29) is 11.5 Å². The van der Waals surface area contributed by atoms with Crippen molar-refractivity contribution in [2.45, 2.75) is 19.8 Å². The number of hydrogen-bond donors (Lipinski definition) is 1. The normalized spacial score (nSPS) is 11.0. The molecule has 1 heterocycles. The third-order valence-corrected chi connectivity index (χ3v) is 2.22. The Morgan fingerprint density at radius 2 is 2.47 bits per heavy atom. The van der Waals surface area contributed by atoms with Crippen LogP contribution in [0.4, 0.5) is 0 Å². The third kappa shape index (κ3) is 4.11. The Labute approximate surface area is 101 Å². The van der Waals surface area contributed by atoms with E-state index in [1.807, 2.05) is 13.0 Å². The van der Waals surface area contributed by atoms with Crippen LogP contribution in [0.1, 0.15) is 25.3 Å². The van der Waals surface area contributed by atoms with Crippen molar-refractivity contribution in [1.29, 1.82) is 5.26 Å². The summed E-state index contributed by atoms with van der Waals surface area (Å²) in [6.45, 7) is 2.64. The topological polar surface area (TPSA) is 70.7 Å². The van der Waals surface area contributed by atoms with Gasteiger partial charge in [0.2, 0.25) is 0 Å². The van der Waals surface area contributed by atoms with Gasteiger partial charge in [-0.15, -0.1) is 0 Å². The standard InChI is InChI=1S/C12H16N4O/c1-3-4-5-14-12(17)11(7-13)6-10-8-15-16(2)9-10/h6,8-9H,3-5H2,1-2H3,(H,14,17). The second kappa shape index (κ2) is 6.48. The van der Waals surface area contributed by atoms with Crippen LogP contribution in [0.3, 0.4) is 0 Å². The van der Waals surface area contributed by atoms with Crippen LogP contribution in [-0.4, -0.2) is 22.2 Å². The van der Waals surface area contributed by atoms with Crippen LogP contribution < -0.4 is 5.32 Å². The number of nitrogens with one attached hydrogen (secondary N) is 1. The largest absolute Gasteiger partial charge is 0.351 e. The Balaban J connectivity index is 2.68. The molecule has 0 unspecified atom stereocenters. The second-order valence-corrected chi connectivity index (χ2v) is 3.73. The van der Waals surface area contributed by atoms with Gasteiger partial charge >= 0.3 is 0 Å². The van der Waals surface area contributed by atoms with Gasteiger partial charge in [0.1, 0.15) is 11.6 Å². The summed E-state index contributed by atoms with van der Waals surface area (Å²) in [7, 11) is 1.78. The Hall–Kier alpha value is -2.09. The summed E-state index contributed by atoms with van der Waals surface area (Å²) in [5.74, 6) is -0.329. The summed E-state index contributed by atoms with van der Waals surface area (Å²) in [5.41, 5.74) is 0.851. The molecular formula is C12H16N4O. The zero-order chi connectivity index (χ0) is 12.7. The lowest BCUT2D eigenvalue weighted by Gasteiger charge is -2.01. The first-order valence-electron chi connectivity index (χ1n) is 5.56. The predicted octanol–water partition coefficient (Wildman–Crippen LogP) is 1.24. The molecule has 5 nitrogen and oxygen atoms in total. The van der Waals surface area contributed by atoms with Gasteiger partial charge in [-0.05, 0) is 12.5 Å². The van der Waals surface area contributed by atoms with Crippen LogP contribution in [0, 0.1) is 11.3 Å². The number of carbonyl (C=O) groups is 1. The van der Waals surface area contributed by atoms with E-state index >= 15 is 0 Å². The van der Waals surface area contributed by atoms with E-state index < -0.39 is 0 Å². The van der Waals surface area contributed by atoms with Gasteiger partial charge in [-0.3, -0.25) is 9.48 Å². The van der Waals surface area contributed by atoms with E-state index in [2.05, 4.69) is 10.4 Å². The van der Waals surface area contributed by atoms with Gasteiger partial charge in [0.05, 0.1) is 6.20 Å². The van der Waals surface area contributed by atoms with Gasteiger partial charge in [0.25, 0.3) is 5.91 Å². The molecule has 0 spiro atoms. The highest BCUT2D eigenvalue weighted by atomic mass is 16.1. The van der Waals surface area contributed by atoms with Crippen molar-refractivity contribution in [3.8, 4) is 6.07 Å². The van der Waals surface area contributed by atoms with Gasteiger partial charge < -0.3 is 5.32 Å². The number of aromatic nitrogens is 2. The van der Waals surface area contributed by atoms with Gasteiger partial charge in [0, 0.05) is 25.4 Å². The fraction of sp³-hybridized carbons (Fsp3) is 0.417. The van der Waals surface area contributed by atoms with E-state index in [1.165, 1.54) is 6.08 Å². The molecule has 0 aromatic carbocycles. The van der Waals surface area contributed by atoms with E-state index in [0.29, 0.717) is 6.54 Å². The number of carbonyl (C=O) groups excluding carboxylic acids is 1. The monoisotopic (exact) mass is 232 g/mol. The van der Waals surface area contributed by atoms with Crippen LogP contribution in [0.15, 0.2) is 18.0 Å². The molecule has 0 atom stereocenters. The molecule has 0 saturated carbocycles. The minimum Gasteiger partial charge on any atom is -0.351 e. The molecule has 0 fully saturated rings. The molecule has 1 N–H and O–H groups in total. The molecular weight excluding hydrogens is 216 g/mol. The Morgan fingerprint density at radius 1 is 1.71 bits per heavy atom. The van der Waals surface area contributed by atoms with Gasteiger partial charge in [-0.2, -0.15) is 10.4 Å². The van der Waals surface area contributed by atoms with Crippen molar-refractivity contribution in [2.75, 3.05) is 6.54 Å². The Morgan fingerprint density at radius 3 is 3.00 bits per heavy atom. The Kier molecular flexibility index (Phi) is 4.95. The summed E-state index contributed by atoms with van der Waals surface area (Å²) >= 11 is 0. The molecule has 17 heavy (non-hydrogen) atoms. The first kappa shape index (κ1) is 13.0. The molecule has 1 aromatic heterocycles. The minimum absolute atomic E-state index is 0.106. The van der Waals surface area contributed by atoms with E-state index in [1.54, 1.807) is 24.1 Å². The van der Waals surface area contributed by atoms with Gasteiger partial charge in [-0.1, -0.05) is 13.3 Å². The lowest BCUT2D eigenvalue weighted by Crippen LogP contribution is -2.25. The number of rotatable bonds is 5. The maximum Gasteiger partial charge on any atom is 0.261 e. The SMILES string of the molecule is CCCCNC(=O)C(C#N)=Cc1cnn(C)c1. The summed E-state index contributed by atoms with van der Waals surface area (Å²) in [6, 6.07) is 1.90. The molecule has 0 aliphatic carbocycles. The number of nitriles is 1. The number of amides is 1. The number of nitrogens with zero attached hydrogens (tertiary/aromatic N) is 3. The van der Waals surface area contributed by atoms with Crippen LogP contribution in [-0.2, 0) is 11.8 Å². The first-order valence-corrected chi connectivity index (χ1v) is 5.56. The molecule has 0 saturated heterocycles. The number of unbranched alkanes of at least 4 members (excludes halogenated alkanes) is 1. The Bertz CT molecular complexity index is 453. The van der Waals surface area contributed by atoms with Crippen LogP contribution >= 0.6 is 0 Å². The third-order valence-electron chi connectivity index (χ3n) is 2.22. The second-order valence-electron chi connectivity index (χ2n) is 3.73. The van der Waals surface area contributed by atoms with E-state index in [9.17, 15) is 4.79 Å². The van der Waals surface area contributed by atoms with E-state index in [4.69, 9.17) is 5.26 Å². The lowest BCUT2D eigenvalue weighted by molar-refractivity contribution is -0.117.